The SMILES string of the molecule is CCc1cccc(F)c1CNCCCC(=O)O. The van der Waals surface area contributed by atoms with Gasteiger partial charge in [0.15, 0.2) is 0 Å². The van der Waals surface area contributed by atoms with Gasteiger partial charge in [-0.05, 0) is 31.0 Å². The first-order valence-electron chi connectivity index (χ1n) is 5.84. The summed E-state index contributed by atoms with van der Waals surface area (Å²) in [5.74, 6) is -0.998. The van der Waals surface area contributed by atoms with Gasteiger partial charge in [-0.3, -0.25) is 4.79 Å². The fourth-order valence-corrected chi connectivity index (χ4v) is 1.71. The van der Waals surface area contributed by atoms with Crippen molar-refractivity contribution in [2.75, 3.05) is 6.54 Å². The summed E-state index contributed by atoms with van der Waals surface area (Å²) >= 11 is 0. The third kappa shape index (κ3) is 4.53. The molecular weight excluding hydrogens is 221 g/mol. The molecule has 17 heavy (non-hydrogen) atoms. The number of rotatable bonds is 7. The molecule has 0 unspecified atom stereocenters. The summed E-state index contributed by atoms with van der Waals surface area (Å²) in [5.41, 5.74) is 1.68. The number of benzene rings is 1. The van der Waals surface area contributed by atoms with Gasteiger partial charge in [0.25, 0.3) is 0 Å². The van der Waals surface area contributed by atoms with E-state index in [-0.39, 0.29) is 12.2 Å². The number of hydrogen-bond acceptors (Lipinski definition) is 2. The zero-order chi connectivity index (χ0) is 12.7. The maximum absolute atomic E-state index is 13.5. The lowest BCUT2D eigenvalue weighted by Crippen LogP contribution is -2.17. The average Bonchev–Trinajstić information content (AvgIpc) is 2.30. The summed E-state index contributed by atoms with van der Waals surface area (Å²) in [7, 11) is 0. The van der Waals surface area contributed by atoms with E-state index in [9.17, 15) is 9.18 Å². The second-order valence-electron chi connectivity index (χ2n) is 3.91. The van der Waals surface area contributed by atoms with Crippen LogP contribution in [0.4, 0.5) is 4.39 Å². The Labute approximate surface area is 101 Å². The lowest BCUT2D eigenvalue weighted by atomic mass is 10.0. The van der Waals surface area contributed by atoms with E-state index in [1.165, 1.54) is 6.07 Å². The molecule has 0 bridgehead atoms. The molecule has 0 heterocycles. The van der Waals surface area contributed by atoms with Gasteiger partial charge in [-0.15, -0.1) is 0 Å². The largest absolute Gasteiger partial charge is 0.481 e. The second-order valence-corrected chi connectivity index (χ2v) is 3.91. The Bertz CT molecular complexity index is 380. The van der Waals surface area contributed by atoms with Gasteiger partial charge >= 0.3 is 5.97 Å². The van der Waals surface area contributed by atoms with Crippen LogP contribution in [0.2, 0.25) is 0 Å². The average molecular weight is 239 g/mol. The molecule has 0 atom stereocenters. The minimum atomic E-state index is -0.799. The quantitative estimate of drug-likeness (QED) is 0.718. The Hall–Kier alpha value is -1.42. The van der Waals surface area contributed by atoms with E-state index in [1.807, 2.05) is 13.0 Å². The molecule has 0 saturated carbocycles. The van der Waals surface area contributed by atoms with Crippen LogP contribution in [0.5, 0.6) is 0 Å². The topological polar surface area (TPSA) is 49.3 Å². The Morgan fingerprint density at radius 1 is 1.47 bits per heavy atom. The molecule has 0 aromatic heterocycles. The van der Waals surface area contributed by atoms with Gasteiger partial charge in [-0.1, -0.05) is 19.1 Å². The van der Waals surface area contributed by atoms with Crippen LogP contribution in [0.25, 0.3) is 0 Å². The van der Waals surface area contributed by atoms with E-state index in [0.717, 1.165) is 12.0 Å². The van der Waals surface area contributed by atoms with E-state index >= 15 is 0 Å². The highest BCUT2D eigenvalue weighted by Crippen LogP contribution is 2.13. The highest BCUT2D eigenvalue weighted by molar-refractivity contribution is 5.66. The number of nitrogens with one attached hydrogen (secondary N) is 1. The van der Waals surface area contributed by atoms with E-state index < -0.39 is 5.97 Å². The number of hydrogen-bond donors (Lipinski definition) is 2. The van der Waals surface area contributed by atoms with Crippen molar-refractivity contribution in [3.05, 3.63) is 35.1 Å². The molecule has 0 aliphatic rings. The van der Waals surface area contributed by atoms with E-state index in [2.05, 4.69) is 5.32 Å². The molecule has 0 spiro atoms. The van der Waals surface area contributed by atoms with Gasteiger partial charge in [0.05, 0.1) is 0 Å². The highest BCUT2D eigenvalue weighted by Gasteiger charge is 2.06. The Kier molecular flexibility index (Phi) is 5.63. The van der Waals surface area contributed by atoms with Gasteiger partial charge < -0.3 is 10.4 Å². The Morgan fingerprint density at radius 2 is 2.24 bits per heavy atom. The van der Waals surface area contributed by atoms with E-state index in [4.69, 9.17) is 5.11 Å². The Balaban J connectivity index is 2.43. The van der Waals surface area contributed by atoms with Gasteiger partial charge in [0, 0.05) is 18.5 Å². The van der Waals surface area contributed by atoms with Crippen LogP contribution in [-0.4, -0.2) is 17.6 Å². The van der Waals surface area contributed by atoms with E-state index in [0.29, 0.717) is 25.1 Å². The van der Waals surface area contributed by atoms with Crippen LogP contribution in [0.1, 0.15) is 30.9 Å². The molecule has 0 radical (unpaired) electrons. The van der Waals surface area contributed by atoms with Crippen molar-refractivity contribution in [2.24, 2.45) is 0 Å². The number of halogens is 1. The standard InChI is InChI=1S/C13H18FNO2/c1-2-10-5-3-6-12(14)11(10)9-15-8-4-7-13(16)17/h3,5-6,15H,2,4,7-9H2,1H3,(H,16,17). The third-order valence-corrected chi connectivity index (χ3v) is 2.64. The number of carboxylic acid groups (broad SMARTS) is 1. The van der Waals surface area contributed by atoms with Crippen molar-refractivity contribution in [3.8, 4) is 0 Å². The molecule has 0 fully saturated rings. The normalized spacial score (nSPS) is 10.5. The first-order valence-corrected chi connectivity index (χ1v) is 5.84. The summed E-state index contributed by atoms with van der Waals surface area (Å²) in [6.45, 7) is 3.03. The lowest BCUT2D eigenvalue weighted by molar-refractivity contribution is -0.137. The molecule has 2 N–H and O–H groups in total. The number of carbonyl (C=O) groups is 1. The van der Waals surface area contributed by atoms with Crippen LogP contribution in [0.15, 0.2) is 18.2 Å². The number of aliphatic carboxylic acids is 1. The van der Waals surface area contributed by atoms with Crippen molar-refractivity contribution in [1.82, 2.24) is 5.32 Å². The fraction of sp³-hybridized carbons (Fsp3) is 0.462. The third-order valence-electron chi connectivity index (χ3n) is 2.64. The zero-order valence-electron chi connectivity index (χ0n) is 10.0. The first-order chi connectivity index (χ1) is 8.15. The van der Waals surface area contributed by atoms with Crippen molar-refractivity contribution < 1.29 is 14.3 Å². The molecule has 3 nitrogen and oxygen atoms in total. The Morgan fingerprint density at radius 3 is 2.88 bits per heavy atom. The summed E-state index contributed by atoms with van der Waals surface area (Å²) in [6, 6.07) is 5.08. The van der Waals surface area contributed by atoms with Crippen LogP contribution in [-0.2, 0) is 17.8 Å². The maximum Gasteiger partial charge on any atom is 0.303 e. The molecule has 1 aromatic carbocycles. The number of aryl methyl sites for hydroxylation is 1. The van der Waals surface area contributed by atoms with Gasteiger partial charge in [0.2, 0.25) is 0 Å². The summed E-state index contributed by atoms with van der Waals surface area (Å²) in [5, 5.41) is 11.5. The monoisotopic (exact) mass is 239 g/mol. The van der Waals surface area contributed by atoms with Crippen LogP contribution in [0.3, 0.4) is 0 Å². The maximum atomic E-state index is 13.5. The summed E-state index contributed by atoms with van der Waals surface area (Å²) in [6.07, 6.45) is 1.50. The first kappa shape index (κ1) is 13.6. The molecule has 4 heteroatoms. The molecule has 0 aliphatic carbocycles. The van der Waals surface area contributed by atoms with Crippen molar-refractivity contribution in [2.45, 2.75) is 32.7 Å². The smallest absolute Gasteiger partial charge is 0.303 e. The predicted molar refractivity (Wildman–Crippen MR) is 64.4 cm³/mol. The van der Waals surface area contributed by atoms with Crippen molar-refractivity contribution in [3.63, 3.8) is 0 Å². The van der Waals surface area contributed by atoms with Crippen molar-refractivity contribution in [1.29, 1.82) is 0 Å². The molecule has 1 rings (SSSR count). The molecule has 94 valence electrons. The van der Waals surface area contributed by atoms with Crippen LogP contribution < -0.4 is 5.32 Å². The molecule has 0 saturated heterocycles. The summed E-state index contributed by atoms with van der Waals surface area (Å²) < 4.78 is 13.5. The van der Waals surface area contributed by atoms with Gasteiger partial charge in [-0.2, -0.15) is 0 Å². The molecule has 0 amide bonds. The predicted octanol–water partition coefficient (Wildman–Crippen LogP) is 2.34. The van der Waals surface area contributed by atoms with Crippen LogP contribution >= 0.6 is 0 Å². The van der Waals surface area contributed by atoms with E-state index in [1.54, 1.807) is 6.07 Å². The molecule has 1 aromatic rings. The van der Waals surface area contributed by atoms with Gasteiger partial charge in [0.1, 0.15) is 5.82 Å². The highest BCUT2D eigenvalue weighted by atomic mass is 19.1. The molecular formula is C13H18FNO2. The van der Waals surface area contributed by atoms with Crippen molar-refractivity contribution >= 4 is 5.97 Å². The summed E-state index contributed by atoms with van der Waals surface area (Å²) in [4.78, 5) is 10.3. The minimum Gasteiger partial charge on any atom is -0.481 e. The van der Waals surface area contributed by atoms with Gasteiger partial charge in [-0.25, -0.2) is 4.39 Å². The molecule has 0 aliphatic heterocycles. The second kappa shape index (κ2) is 7.01. The minimum absolute atomic E-state index is 0.144. The van der Waals surface area contributed by atoms with Crippen LogP contribution in [0, 0.1) is 5.82 Å². The lowest BCUT2D eigenvalue weighted by Gasteiger charge is -2.10. The number of carboxylic acids is 1. The fourth-order valence-electron chi connectivity index (χ4n) is 1.71. The zero-order valence-corrected chi connectivity index (χ0v) is 10.0.